The molecule has 4 heteroatoms. The number of amides is 1. The maximum atomic E-state index is 11.7. The van der Waals surface area contributed by atoms with E-state index in [0.717, 1.165) is 38.4 Å². The topological polar surface area (TPSA) is 41.1 Å². The molecule has 2 N–H and O–H groups in total. The molecule has 106 valence electrons. The SMILES string of the molecule is Cl.O=C(CCC1CCCCC1)NCC1CCNC1. The Morgan fingerprint density at radius 3 is 2.56 bits per heavy atom. The van der Waals surface area contributed by atoms with Gasteiger partial charge in [-0.3, -0.25) is 4.79 Å². The van der Waals surface area contributed by atoms with Crippen molar-refractivity contribution >= 4 is 18.3 Å². The number of hydrogen-bond donors (Lipinski definition) is 2. The van der Waals surface area contributed by atoms with Gasteiger partial charge in [0, 0.05) is 13.0 Å². The molecule has 3 nitrogen and oxygen atoms in total. The zero-order valence-corrected chi connectivity index (χ0v) is 12.1. The highest BCUT2D eigenvalue weighted by molar-refractivity contribution is 5.85. The molecule has 2 aliphatic rings. The molecule has 0 radical (unpaired) electrons. The third-order valence-electron chi connectivity index (χ3n) is 4.25. The normalized spacial score (nSPS) is 24.6. The first kappa shape index (κ1) is 15.8. The van der Waals surface area contributed by atoms with E-state index in [0.29, 0.717) is 5.92 Å². The van der Waals surface area contributed by atoms with E-state index in [2.05, 4.69) is 10.6 Å². The first-order chi connectivity index (χ1) is 8.34. The average molecular weight is 275 g/mol. The predicted molar refractivity (Wildman–Crippen MR) is 77.0 cm³/mol. The van der Waals surface area contributed by atoms with Gasteiger partial charge in [-0.15, -0.1) is 12.4 Å². The van der Waals surface area contributed by atoms with Crippen LogP contribution in [0.2, 0.25) is 0 Å². The van der Waals surface area contributed by atoms with E-state index in [9.17, 15) is 4.79 Å². The van der Waals surface area contributed by atoms with Crippen LogP contribution in [-0.2, 0) is 4.79 Å². The summed E-state index contributed by atoms with van der Waals surface area (Å²) in [5.74, 6) is 1.75. The number of carbonyl (C=O) groups excluding carboxylic acids is 1. The minimum absolute atomic E-state index is 0. The first-order valence-electron chi connectivity index (χ1n) is 7.32. The summed E-state index contributed by atoms with van der Waals surface area (Å²) in [5.41, 5.74) is 0. The molecule has 1 atom stereocenters. The fourth-order valence-electron chi connectivity index (χ4n) is 3.05. The Labute approximate surface area is 117 Å². The number of halogens is 1. The van der Waals surface area contributed by atoms with Crippen molar-refractivity contribution < 1.29 is 4.79 Å². The van der Waals surface area contributed by atoms with Gasteiger partial charge in [0.2, 0.25) is 5.91 Å². The van der Waals surface area contributed by atoms with E-state index in [-0.39, 0.29) is 18.3 Å². The van der Waals surface area contributed by atoms with Crippen LogP contribution in [0.15, 0.2) is 0 Å². The smallest absolute Gasteiger partial charge is 0.220 e. The lowest BCUT2D eigenvalue weighted by molar-refractivity contribution is -0.121. The summed E-state index contributed by atoms with van der Waals surface area (Å²) in [4.78, 5) is 11.7. The molecule has 1 unspecified atom stereocenters. The lowest BCUT2D eigenvalue weighted by Crippen LogP contribution is -2.30. The van der Waals surface area contributed by atoms with E-state index in [1.807, 2.05) is 0 Å². The molecular weight excluding hydrogens is 248 g/mol. The summed E-state index contributed by atoms with van der Waals surface area (Å²) >= 11 is 0. The molecule has 0 aromatic heterocycles. The van der Waals surface area contributed by atoms with E-state index in [1.165, 1.54) is 38.5 Å². The van der Waals surface area contributed by atoms with E-state index >= 15 is 0 Å². The molecule has 0 aromatic rings. The van der Waals surface area contributed by atoms with Crippen LogP contribution in [0.3, 0.4) is 0 Å². The Balaban J connectivity index is 0.00000162. The average Bonchev–Trinajstić information content (AvgIpc) is 2.88. The Morgan fingerprint density at radius 2 is 1.89 bits per heavy atom. The number of hydrogen-bond acceptors (Lipinski definition) is 2. The lowest BCUT2D eigenvalue weighted by Gasteiger charge is -2.21. The van der Waals surface area contributed by atoms with E-state index < -0.39 is 0 Å². The molecule has 1 aliphatic heterocycles. The molecule has 1 aliphatic carbocycles. The Bertz CT molecular complexity index is 236. The second-order valence-corrected chi connectivity index (χ2v) is 5.71. The molecule has 0 aromatic carbocycles. The van der Waals surface area contributed by atoms with E-state index in [1.54, 1.807) is 0 Å². The highest BCUT2D eigenvalue weighted by Crippen LogP contribution is 2.27. The largest absolute Gasteiger partial charge is 0.356 e. The van der Waals surface area contributed by atoms with Crippen LogP contribution in [0.5, 0.6) is 0 Å². The zero-order chi connectivity index (χ0) is 11.9. The maximum Gasteiger partial charge on any atom is 0.220 e. The highest BCUT2D eigenvalue weighted by Gasteiger charge is 2.17. The van der Waals surface area contributed by atoms with Crippen LogP contribution in [-0.4, -0.2) is 25.5 Å². The summed E-state index contributed by atoms with van der Waals surface area (Å²) in [6.07, 6.45) is 9.90. The summed E-state index contributed by atoms with van der Waals surface area (Å²) < 4.78 is 0. The molecule has 18 heavy (non-hydrogen) atoms. The number of nitrogens with one attached hydrogen (secondary N) is 2. The van der Waals surface area contributed by atoms with Gasteiger partial charge in [-0.2, -0.15) is 0 Å². The summed E-state index contributed by atoms with van der Waals surface area (Å²) in [6, 6.07) is 0. The van der Waals surface area contributed by atoms with Gasteiger partial charge in [0.05, 0.1) is 0 Å². The standard InChI is InChI=1S/C14H26N2O.ClH/c17-14(16-11-13-8-9-15-10-13)7-6-12-4-2-1-3-5-12;/h12-13,15H,1-11H2,(H,16,17);1H. The van der Waals surface area contributed by atoms with Crippen LogP contribution in [0, 0.1) is 11.8 Å². The third-order valence-corrected chi connectivity index (χ3v) is 4.25. The van der Waals surface area contributed by atoms with Gasteiger partial charge >= 0.3 is 0 Å². The van der Waals surface area contributed by atoms with Gasteiger partial charge in [-0.05, 0) is 37.8 Å². The van der Waals surface area contributed by atoms with E-state index in [4.69, 9.17) is 0 Å². The van der Waals surface area contributed by atoms with Crippen molar-refractivity contribution in [3.63, 3.8) is 0 Å². The first-order valence-corrected chi connectivity index (χ1v) is 7.32. The predicted octanol–water partition coefficient (Wildman–Crippen LogP) is 2.49. The monoisotopic (exact) mass is 274 g/mol. The molecule has 1 amide bonds. The van der Waals surface area contributed by atoms with Crippen molar-refractivity contribution in [1.82, 2.24) is 10.6 Å². The Kier molecular flexibility index (Phi) is 7.68. The minimum atomic E-state index is 0. The fraction of sp³-hybridized carbons (Fsp3) is 0.929. The maximum absolute atomic E-state index is 11.7. The van der Waals surface area contributed by atoms with Crippen LogP contribution in [0.4, 0.5) is 0 Å². The summed E-state index contributed by atoms with van der Waals surface area (Å²) in [7, 11) is 0. The molecule has 1 saturated heterocycles. The van der Waals surface area contributed by atoms with Crippen LogP contribution < -0.4 is 10.6 Å². The van der Waals surface area contributed by atoms with Crippen molar-refractivity contribution in [3.8, 4) is 0 Å². The molecule has 0 bridgehead atoms. The van der Waals surface area contributed by atoms with Gasteiger partial charge in [0.1, 0.15) is 0 Å². The van der Waals surface area contributed by atoms with Gasteiger partial charge in [0.25, 0.3) is 0 Å². The minimum Gasteiger partial charge on any atom is -0.356 e. The Hall–Kier alpha value is -0.280. The van der Waals surface area contributed by atoms with Crippen molar-refractivity contribution in [2.75, 3.05) is 19.6 Å². The quantitative estimate of drug-likeness (QED) is 0.809. The van der Waals surface area contributed by atoms with Crippen LogP contribution >= 0.6 is 12.4 Å². The second-order valence-electron chi connectivity index (χ2n) is 5.71. The lowest BCUT2D eigenvalue weighted by atomic mass is 9.86. The van der Waals surface area contributed by atoms with Crippen molar-refractivity contribution in [2.45, 2.75) is 51.4 Å². The van der Waals surface area contributed by atoms with Crippen molar-refractivity contribution in [3.05, 3.63) is 0 Å². The van der Waals surface area contributed by atoms with Crippen molar-refractivity contribution in [1.29, 1.82) is 0 Å². The van der Waals surface area contributed by atoms with Gasteiger partial charge in [0.15, 0.2) is 0 Å². The van der Waals surface area contributed by atoms with Gasteiger partial charge < -0.3 is 10.6 Å². The van der Waals surface area contributed by atoms with Crippen molar-refractivity contribution in [2.24, 2.45) is 11.8 Å². The summed E-state index contributed by atoms with van der Waals surface area (Å²) in [5, 5.41) is 6.41. The molecule has 1 heterocycles. The van der Waals surface area contributed by atoms with Crippen LogP contribution in [0.25, 0.3) is 0 Å². The third kappa shape index (κ3) is 5.57. The number of carbonyl (C=O) groups is 1. The molecular formula is C14H27ClN2O. The second kappa shape index (κ2) is 8.76. The Morgan fingerprint density at radius 1 is 1.11 bits per heavy atom. The molecule has 2 rings (SSSR count). The highest BCUT2D eigenvalue weighted by atomic mass is 35.5. The number of rotatable bonds is 5. The zero-order valence-electron chi connectivity index (χ0n) is 11.2. The summed E-state index contributed by atoms with van der Waals surface area (Å²) in [6.45, 7) is 3.06. The molecule has 2 fully saturated rings. The van der Waals surface area contributed by atoms with Gasteiger partial charge in [-0.25, -0.2) is 0 Å². The molecule has 0 spiro atoms. The van der Waals surface area contributed by atoms with Gasteiger partial charge in [-0.1, -0.05) is 32.1 Å². The fourth-order valence-corrected chi connectivity index (χ4v) is 3.05. The molecule has 1 saturated carbocycles. The van der Waals surface area contributed by atoms with Crippen LogP contribution in [0.1, 0.15) is 51.4 Å².